The van der Waals surface area contributed by atoms with E-state index in [1.54, 1.807) is 23.7 Å². The van der Waals surface area contributed by atoms with Gasteiger partial charge in [-0.3, -0.25) is 14.3 Å². The van der Waals surface area contributed by atoms with Gasteiger partial charge in [0.05, 0.1) is 11.1 Å². The van der Waals surface area contributed by atoms with Crippen molar-refractivity contribution in [2.24, 2.45) is 0 Å². The van der Waals surface area contributed by atoms with E-state index in [0.717, 1.165) is 51.7 Å². The van der Waals surface area contributed by atoms with Crippen molar-refractivity contribution < 1.29 is 0 Å². The van der Waals surface area contributed by atoms with Crippen LogP contribution < -0.4 is 5.56 Å². The Hall–Kier alpha value is -3.30. The maximum atomic E-state index is 12.9. The fourth-order valence-corrected chi connectivity index (χ4v) is 6.37. The summed E-state index contributed by atoms with van der Waals surface area (Å²) in [4.78, 5) is 27.1. The van der Waals surface area contributed by atoms with Crippen LogP contribution >= 0.6 is 23.1 Å². The van der Waals surface area contributed by atoms with Gasteiger partial charge in [-0.1, -0.05) is 30.0 Å². The molecule has 0 amide bonds. The third-order valence-corrected chi connectivity index (χ3v) is 7.91. The van der Waals surface area contributed by atoms with E-state index in [1.165, 1.54) is 28.6 Å². The number of benzene rings is 1. The molecule has 0 unspecified atom stereocenters. The predicted octanol–water partition coefficient (Wildman–Crippen LogP) is 4.80. The number of H-pyrrole nitrogens is 1. The number of nitrogens with one attached hydrogen (secondary N) is 1. The molecule has 1 aromatic carbocycles. The Labute approximate surface area is 198 Å². The highest BCUT2D eigenvalue weighted by Crippen LogP contribution is 2.34. The summed E-state index contributed by atoms with van der Waals surface area (Å²) in [6.07, 6.45) is 7.88. The van der Waals surface area contributed by atoms with Crippen molar-refractivity contribution in [3.8, 4) is 17.1 Å². The first-order chi connectivity index (χ1) is 16.3. The minimum atomic E-state index is -0.0319. The Kier molecular flexibility index (Phi) is 5.27. The van der Waals surface area contributed by atoms with Crippen LogP contribution in [0.3, 0.4) is 0 Å². The quantitative estimate of drug-likeness (QED) is 0.370. The van der Waals surface area contributed by atoms with E-state index >= 15 is 0 Å². The summed E-state index contributed by atoms with van der Waals surface area (Å²) >= 11 is 3.17. The molecule has 0 saturated carbocycles. The average Bonchev–Trinajstić information content (AvgIpc) is 3.45. The van der Waals surface area contributed by atoms with E-state index in [2.05, 4.69) is 20.2 Å². The van der Waals surface area contributed by atoms with Crippen molar-refractivity contribution in [3.63, 3.8) is 0 Å². The predicted molar refractivity (Wildman–Crippen MR) is 131 cm³/mol. The van der Waals surface area contributed by atoms with Gasteiger partial charge < -0.3 is 4.98 Å². The van der Waals surface area contributed by atoms with E-state index in [-0.39, 0.29) is 5.56 Å². The molecule has 0 fully saturated rings. The number of para-hydroxylation sites is 1. The smallest absolute Gasteiger partial charge is 0.259 e. The molecule has 164 valence electrons. The molecule has 0 spiro atoms. The molecule has 1 aliphatic carbocycles. The molecule has 0 saturated heterocycles. The Morgan fingerprint density at radius 2 is 1.94 bits per heavy atom. The van der Waals surface area contributed by atoms with Gasteiger partial charge in [0.25, 0.3) is 5.56 Å². The molecule has 0 aliphatic heterocycles. The van der Waals surface area contributed by atoms with Crippen LogP contribution in [0.15, 0.2) is 64.8 Å². The average molecular weight is 473 g/mol. The molecule has 9 heteroatoms. The van der Waals surface area contributed by atoms with Crippen LogP contribution in [-0.2, 0) is 18.6 Å². The zero-order valence-corrected chi connectivity index (χ0v) is 19.3. The number of rotatable bonds is 5. The normalized spacial score (nSPS) is 13.3. The Bertz CT molecular complexity index is 1490. The number of aromatic amines is 1. The Morgan fingerprint density at radius 1 is 1.06 bits per heavy atom. The highest BCUT2D eigenvalue weighted by Gasteiger charge is 2.21. The minimum absolute atomic E-state index is 0.0319. The van der Waals surface area contributed by atoms with Crippen LogP contribution in [0, 0.1) is 0 Å². The first kappa shape index (κ1) is 20.3. The van der Waals surface area contributed by atoms with Gasteiger partial charge in [-0.2, -0.15) is 0 Å². The lowest BCUT2D eigenvalue weighted by molar-refractivity contribution is 0.700. The fraction of sp³-hybridized carbons (Fsp3) is 0.208. The molecule has 7 nitrogen and oxygen atoms in total. The maximum absolute atomic E-state index is 12.9. The zero-order valence-electron chi connectivity index (χ0n) is 17.7. The number of hydrogen-bond acceptors (Lipinski definition) is 7. The lowest BCUT2D eigenvalue weighted by Crippen LogP contribution is -2.12. The SMILES string of the molecule is O=c1[nH]c(CSc2nnc(-c3cccnc3)n2-c2ccccc2)nc2sc3c(c12)CCCC3. The van der Waals surface area contributed by atoms with E-state index in [9.17, 15) is 4.79 Å². The van der Waals surface area contributed by atoms with Gasteiger partial charge >= 0.3 is 0 Å². The number of thiophene rings is 1. The van der Waals surface area contributed by atoms with Crippen LogP contribution in [0.2, 0.25) is 0 Å². The van der Waals surface area contributed by atoms with Crippen molar-refractivity contribution in [1.29, 1.82) is 0 Å². The summed E-state index contributed by atoms with van der Waals surface area (Å²) in [5.74, 6) is 1.87. The van der Waals surface area contributed by atoms with E-state index < -0.39 is 0 Å². The molecule has 6 rings (SSSR count). The van der Waals surface area contributed by atoms with E-state index in [4.69, 9.17) is 4.98 Å². The van der Waals surface area contributed by atoms with Crippen molar-refractivity contribution in [3.05, 3.63) is 81.5 Å². The molecule has 1 N–H and O–H groups in total. The second-order valence-electron chi connectivity index (χ2n) is 7.91. The lowest BCUT2D eigenvalue weighted by atomic mass is 9.97. The summed E-state index contributed by atoms with van der Waals surface area (Å²) in [6.45, 7) is 0. The number of pyridine rings is 1. The second kappa shape index (κ2) is 8.57. The standard InChI is InChI=1S/C24H20N6OS2/c31-22-20-17-10-4-5-11-18(17)33-23(20)27-19(26-22)14-32-24-29-28-21(15-7-6-12-25-13-15)30(24)16-8-2-1-3-9-16/h1-3,6-9,12-13H,4-5,10-11,14H2,(H,26,27,31). The number of thioether (sulfide) groups is 1. The van der Waals surface area contributed by atoms with Crippen molar-refractivity contribution in [2.45, 2.75) is 36.6 Å². The van der Waals surface area contributed by atoms with Crippen LogP contribution in [0.4, 0.5) is 0 Å². The molecular weight excluding hydrogens is 452 g/mol. The number of aryl methyl sites for hydroxylation is 2. The summed E-state index contributed by atoms with van der Waals surface area (Å²) in [6, 6.07) is 13.9. The van der Waals surface area contributed by atoms with E-state index in [1.807, 2.05) is 47.0 Å². The number of fused-ring (bicyclic) bond motifs is 3. The summed E-state index contributed by atoms with van der Waals surface area (Å²) in [5, 5.41) is 10.4. The third kappa shape index (κ3) is 3.77. The van der Waals surface area contributed by atoms with Gasteiger partial charge in [0, 0.05) is 28.5 Å². The fourth-order valence-electron chi connectivity index (χ4n) is 4.26. The van der Waals surface area contributed by atoms with Crippen LogP contribution in [0.1, 0.15) is 29.1 Å². The highest BCUT2D eigenvalue weighted by molar-refractivity contribution is 7.98. The summed E-state index contributed by atoms with van der Waals surface area (Å²) in [7, 11) is 0. The van der Waals surface area contributed by atoms with Gasteiger partial charge in [0.15, 0.2) is 11.0 Å². The van der Waals surface area contributed by atoms with Gasteiger partial charge in [0.1, 0.15) is 10.7 Å². The van der Waals surface area contributed by atoms with Gasteiger partial charge in [-0.25, -0.2) is 4.98 Å². The van der Waals surface area contributed by atoms with Crippen LogP contribution in [0.5, 0.6) is 0 Å². The summed E-state index contributed by atoms with van der Waals surface area (Å²) in [5.41, 5.74) is 3.03. The van der Waals surface area contributed by atoms with Crippen molar-refractivity contribution in [1.82, 2.24) is 29.7 Å². The van der Waals surface area contributed by atoms with Gasteiger partial charge in [-0.15, -0.1) is 21.5 Å². The van der Waals surface area contributed by atoms with Crippen LogP contribution in [0.25, 0.3) is 27.3 Å². The first-order valence-electron chi connectivity index (χ1n) is 10.9. The van der Waals surface area contributed by atoms with Crippen molar-refractivity contribution in [2.75, 3.05) is 0 Å². The molecule has 4 aromatic heterocycles. The maximum Gasteiger partial charge on any atom is 0.259 e. The monoisotopic (exact) mass is 472 g/mol. The van der Waals surface area contributed by atoms with Gasteiger partial charge in [0.2, 0.25) is 0 Å². The van der Waals surface area contributed by atoms with E-state index in [0.29, 0.717) is 11.6 Å². The van der Waals surface area contributed by atoms with Crippen LogP contribution in [-0.4, -0.2) is 29.7 Å². The third-order valence-electron chi connectivity index (χ3n) is 5.78. The first-order valence-corrected chi connectivity index (χ1v) is 12.7. The largest absolute Gasteiger partial charge is 0.309 e. The number of aromatic nitrogens is 6. The minimum Gasteiger partial charge on any atom is -0.309 e. The highest BCUT2D eigenvalue weighted by atomic mass is 32.2. The molecule has 5 aromatic rings. The topological polar surface area (TPSA) is 89.4 Å². The molecular formula is C24H20N6OS2. The van der Waals surface area contributed by atoms with Gasteiger partial charge in [-0.05, 0) is 55.5 Å². The zero-order chi connectivity index (χ0) is 22.2. The molecule has 0 radical (unpaired) electrons. The molecule has 0 atom stereocenters. The number of nitrogens with zero attached hydrogens (tertiary/aromatic N) is 5. The summed E-state index contributed by atoms with van der Waals surface area (Å²) < 4.78 is 2.02. The van der Waals surface area contributed by atoms with Crippen molar-refractivity contribution >= 4 is 33.3 Å². The Morgan fingerprint density at radius 3 is 2.79 bits per heavy atom. The second-order valence-corrected chi connectivity index (χ2v) is 9.94. The molecule has 0 bridgehead atoms. The lowest BCUT2D eigenvalue weighted by Gasteiger charge is -2.10. The molecule has 33 heavy (non-hydrogen) atoms. The Balaban J connectivity index is 1.36. The molecule has 4 heterocycles. The molecule has 1 aliphatic rings. The number of hydrogen-bond donors (Lipinski definition) is 1.